The van der Waals surface area contributed by atoms with E-state index >= 15 is 0 Å². The molecular weight excluding hydrogens is 765 g/mol. The smallest absolute Gasteiger partial charge is 0.159 e. The summed E-state index contributed by atoms with van der Waals surface area (Å²) in [6.07, 6.45) is 0. The molecule has 1 aromatic heterocycles. The minimum atomic E-state index is -0.664. The standard InChI is InChI=1S/C60H42N2O/c1-37-31-34-51(39(3)35-37)62(54-30-16-25-46-45-24-15-17-38(2)58(45)63-59(46)54)55-36-50-57(44-23-10-9-22-43(44)55)56-42-21-8-7-18-40(42)32-33-49(56)60(50)47-26-11-13-28-52(47)61(41-19-5-4-6-20-41)53-29-14-12-27-48(53)60/h4-36H,1-3H3. The van der Waals surface area contributed by atoms with Gasteiger partial charge in [0.2, 0.25) is 0 Å². The van der Waals surface area contributed by atoms with E-state index in [1.54, 1.807) is 0 Å². The molecule has 0 bridgehead atoms. The van der Waals surface area contributed by atoms with E-state index in [0.717, 1.165) is 50.3 Å². The number of rotatable bonds is 4. The van der Waals surface area contributed by atoms with E-state index in [0.29, 0.717) is 0 Å². The molecule has 2 aliphatic rings. The molecule has 2 heterocycles. The number of furan rings is 1. The van der Waals surface area contributed by atoms with Crippen LogP contribution < -0.4 is 9.80 Å². The summed E-state index contributed by atoms with van der Waals surface area (Å²) in [5.41, 5.74) is 19.1. The van der Waals surface area contributed by atoms with Crippen LogP contribution >= 0.6 is 0 Å². The van der Waals surface area contributed by atoms with Crippen molar-refractivity contribution in [1.29, 1.82) is 0 Å². The van der Waals surface area contributed by atoms with Crippen molar-refractivity contribution in [1.82, 2.24) is 0 Å². The molecule has 298 valence electrons. The third-order valence-corrected chi connectivity index (χ3v) is 13.9. The van der Waals surface area contributed by atoms with Gasteiger partial charge in [0.05, 0.1) is 28.2 Å². The first kappa shape index (κ1) is 35.8. The zero-order chi connectivity index (χ0) is 42.0. The zero-order valence-electron chi connectivity index (χ0n) is 35.4. The van der Waals surface area contributed by atoms with Crippen molar-refractivity contribution in [2.45, 2.75) is 26.2 Å². The highest BCUT2D eigenvalue weighted by molar-refractivity contribution is 6.18. The van der Waals surface area contributed by atoms with Crippen LogP contribution in [0.1, 0.15) is 38.9 Å². The Morgan fingerprint density at radius 3 is 1.78 bits per heavy atom. The Labute approximate surface area is 366 Å². The van der Waals surface area contributed by atoms with Crippen LogP contribution in [0.15, 0.2) is 205 Å². The van der Waals surface area contributed by atoms with Gasteiger partial charge in [-0.3, -0.25) is 0 Å². The molecule has 3 heteroatoms. The van der Waals surface area contributed by atoms with Crippen molar-refractivity contribution >= 4 is 77.6 Å². The minimum absolute atomic E-state index is 0.664. The van der Waals surface area contributed by atoms with Crippen molar-refractivity contribution in [2.75, 3.05) is 9.80 Å². The topological polar surface area (TPSA) is 19.6 Å². The number of hydrogen-bond acceptors (Lipinski definition) is 3. The number of para-hydroxylation sites is 5. The van der Waals surface area contributed by atoms with E-state index in [1.165, 1.54) is 77.4 Å². The molecule has 63 heavy (non-hydrogen) atoms. The summed E-state index contributed by atoms with van der Waals surface area (Å²) < 4.78 is 7.01. The van der Waals surface area contributed by atoms with Gasteiger partial charge in [-0.2, -0.15) is 0 Å². The molecule has 0 unspecified atom stereocenters. The number of hydrogen-bond donors (Lipinski definition) is 0. The average Bonchev–Trinajstić information content (AvgIpc) is 3.86. The molecule has 0 fully saturated rings. The fourth-order valence-corrected chi connectivity index (χ4v) is 11.4. The van der Waals surface area contributed by atoms with Crippen LogP contribution in [0.2, 0.25) is 0 Å². The quantitative estimate of drug-likeness (QED) is 0.177. The first-order chi connectivity index (χ1) is 31.0. The largest absolute Gasteiger partial charge is 0.454 e. The Kier molecular flexibility index (Phi) is 7.57. The minimum Gasteiger partial charge on any atom is -0.454 e. The average molecular weight is 807 g/mol. The van der Waals surface area contributed by atoms with Crippen LogP contribution in [0.5, 0.6) is 0 Å². The maximum atomic E-state index is 7.01. The molecule has 0 amide bonds. The Hall–Kier alpha value is -7.88. The van der Waals surface area contributed by atoms with Gasteiger partial charge in [0.15, 0.2) is 5.58 Å². The van der Waals surface area contributed by atoms with Crippen LogP contribution in [0, 0.1) is 20.8 Å². The summed E-state index contributed by atoms with van der Waals surface area (Å²) in [4.78, 5) is 4.95. The second-order valence-corrected chi connectivity index (χ2v) is 17.4. The fraction of sp³-hybridized carbons (Fsp3) is 0.0667. The molecule has 0 saturated heterocycles. The van der Waals surface area contributed by atoms with Crippen LogP contribution in [0.25, 0.3) is 54.6 Å². The second-order valence-electron chi connectivity index (χ2n) is 17.4. The van der Waals surface area contributed by atoms with Gasteiger partial charge in [-0.1, -0.05) is 163 Å². The maximum absolute atomic E-state index is 7.01. The molecule has 0 radical (unpaired) electrons. The zero-order valence-corrected chi connectivity index (χ0v) is 35.4. The van der Waals surface area contributed by atoms with E-state index < -0.39 is 5.41 Å². The molecule has 10 aromatic carbocycles. The lowest BCUT2D eigenvalue weighted by molar-refractivity contribution is 0.666. The lowest BCUT2D eigenvalue weighted by Gasteiger charge is -2.45. The van der Waals surface area contributed by atoms with Crippen molar-refractivity contribution in [2.24, 2.45) is 0 Å². The summed E-state index contributed by atoms with van der Waals surface area (Å²) in [6, 6.07) is 74.3. The fourth-order valence-electron chi connectivity index (χ4n) is 11.4. The summed E-state index contributed by atoms with van der Waals surface area (Å²) >= 11 is 0. The summed E-state index contributed by atoms with van der Waals surface area (Å²) in [5.74, 6) is 0. The molecule has 0 N–H and O–H groups in total. The summed E-state index contributed by atoms with van der Waals surface area (Å²) in [5, 5.41) is 7.14. The van der Waals surface area contributed by atoms with E-state index in [9.17, 15) is 0 Å². The Balaban J connectivity index is 1.22. The van der Waals surface area contributed by atoms with Gasteiger partial charge in [0.25, 0.3) is 0 Å². The van der Waals surface area contributed by atoms with Crippen LogP contribution in [0.3, 0.4) is 0 Å². The van der Waals surface area contributed by atoms with E-state index in [4.69, 9.17) is 4.42 Å². The third-order valence-electron chi connectivity index (χ3n) is 13.9. The van der Waals surface area contributed by atoms with Crippen LogP contribution in [-0.2, 0) is 5.41 Å². The van der Waals surface area contributed by atoms with Crippen molar-refractivity contribution in [3.05, 3.63) is 239 Å². The third kappa shape index (κ3) is 4.85. The monoisotopic (exact) mass is 806 g/mol. The van der Waals surface area contributed by atoms with Gasteiger partial charge in [0.1, 0.15) is 5.58 Å². The lowest BCUT2D eigenvalue weighted by atomic mass is 9.64. The molecule has 1 aliphatic carbocycles. The number of anilines is 6. The normalized spacial score (nSPS) is 13.4. The van der Waals surface area contributed by atoms with Gasteiger partial charge in [0, 0.05) is 27.5 Å². The maximum Gasteiger partial charge on any atom is 0.159 e. The van der Waals surface area contributed by atoms with Crippen molar-refractivity contribution in [3.8, 4) is 11.1 Å². The van der Waals surface area contributed by atoms with Gasteiger partial charge in [-0.15, -0.1) is 0 Å². The Bertz CT molecular complexity index is 3640. The van der Waals surface area contributed by atoms with Crippen molar-refractivity contribution < 1.29 is 4.42 Å². The molecule has 1 spiro atoms. The summed E-state index contributed by atoms with van der Waals surface area (Å²) in [7, 11) is 0. The Morgan fingerprint density at radius 2 is 1.02 bits per heavy atom. The van der Waals surface area contributed by atoms with E-state index in [1.807, 2.05) is 0 Å². The van der Waals surface area contributed by atoms with E-state index in [2.05, 4.69) is 231 Å². The summed E-state index contributed by atoms with van der Waals surface area (Å²) in [6.45, 7) is 6.56. The predicted octanol–water partition coefficient (Wildman–Crippen LogP) is 16.4. The van der Waals surface area contributed by atoms with E-state index in [-0.39, 0.29) is 0 Å². The van der Waals surface area contributed by atoms with Crippen LogP contribution in [0.4, 0.5) is 34.1 Å². The predicted molar refractivity (Wildman–Crippen MR) is 263 cm³/mol. The second kappa shape index (κ2) is 13.3. The SMILES string of the molecule is Cc1ccc(N(c2cc3c(c4ccccc24)-c2c(ccc4ccccc24)C32c3ccccc3N(c3ccccc3)c3ccccc32)c2cccc3c2oc2c(C)cccc23)c(C)c1. The lowest BCUT2D eigenvalue weighted by Crippen LogP contribution is -2.36. The molecule has 0 atom stereocenters. The first-order valence-electron chi connectivity index (χ1n) is 21.9. The highest BCUT2D eigenvalue weighted by Crippen LogP contribution is 2.66. The molecule has 0 saturated carbocycles. The molecule has 3 nitrogen and oxygen atoms in total. The van der Waals surface area contributed by atoms with Gasteiger partial charge < -0.3 is 14.2 Å². The number of aryl methyl sites for hydroxylation is 3. The molecule has 1 aliphatic heterocycles. The highest BCUT2D eigenvalue weighted by Gasteiger charge is 2.53. The van der Waals surface area contributed by atoms with Gasteiger partial charge in [-0.05, 0) is 124 Å². The molecule has 11 aromatic rings. The first-order valence-corrected chi connectivity index (χ1v) is 21.9. The Morgan fingerprint density at radius 1 is 0.397 bits per heavy atom. The molecular formula is C60H42N2O. The van der Waals surface area contributed by atoms with Gasteiger partial charge >= 0.3 is 0 Å². The number of fused-ring (bicyclic) bond motifs is 16. The van der Waals surface area contributed by atoms with Gasteiger partial charge in [-0.25, -0.2) is 0 Å². The number of nitrogens with zero attached hydrogens (tertiary/aromatic N) is 2. The van der Waals surface area contributed by atoms with Crippen molar-refractivity contribution in [3.63, 3.8) is 0 Å². The highest BCUT2D eigenvalue weighted by atomic mass is 16.3. The number of benzene rings is 10. The molecule has 13 rings (SSSR count). The van der Waals surface area contributed by atoms with Crippen LogP contribution in [-0.4, -0.2) is 0 Å².